The molecule has 0 unspecified atom stereocenters. The van der Waals surface area contributed by atoms with Gasteiger partial charge in [0.2, 0.25) is 10.0 Å². The summed E-state index contributed by atoms with van der Waals surface area (Å²) in [5.74, 6) is -1.17. The van der Waals surface area contributed by atoms with Crippen molar-refractivity contribution >= 4 is 56.6 Å². The Balaban J connectivity index is 1.87. The van der Waals surface area contributed by atoms with Gasteiger partial charge in [0.25, 0.3) is 11.8 Å². The molecule has 14 heteroatoms. The molecule has 1 aromatic heterocycles. The number of rotatable bonds is 9. The number of amides is 4. The van der Waals surface area contributed by atoms with E-state index < -0.39 is 27.9 Å². The zero-order valence-electron chi connectivity index (χ0n) is 19.8. The average molecular weight is 534 g/mol. The van der Waals surface area contributed by atoms with Crippen molar-refractivity contribution in [2.45, 2.75) is 17.9 Å². The number of hydrogen-bond acceptors (Lipinski definition) is 9. The minimum Gasteiger partial charge on any atom is -0.341 e. The standard InChI is InChI=1S/C22H27N7O5S2/c1-25-22(32)27-20(31)18-16-7-10-28(2)13-17(16)35-21(18)26-19(30)14-3-5-15(6-4-14)36(33,34)29(11-8-23)12-9-24/h3-6,8-9,23-24H,7,10-13H2,1-2H3,(H,26,30)(H2,25,27,31,32). The number of imide groups is 1. The van der Waals surface area contributed by atoms with Gasteiger partial charge in [0.15, 0.2) is 0 Å². The molecule has 0 saturated heterocycles. The van der Waals surface area contributed by atoms with Crippen molar-refractivity contribution < 1.29 is 22.8 Å². The number of carbonyl (C=O) groups is 3. The van der Waals surface area contributed by atoms with Crippen molar-refractivity contribution in [1.29, 1.82) is 10.8 Å². The molecule has 2 heterocycles. The number of urea groups is 1. The first kappa shape index (κ1) is 27.1. The first-order valence-corrected chi connectivity index (χ1v) is 13.1. The van der Waals surface area contributed by atoms with Crippen LogP contribution in [0, 0.1) is 10.8 Å². The number of benzene rings is 1. The molecule has 4 amide bonds. The molecule has 0 radical (unpaired) electrons. The minimum absolute atomic E-state index is 0.0805. The van der Waals surface area contributed by atoms with Crippen LogP contribution in [0.4, 0.5) is 9.80 Å². The number of anilines is 1. The first-order valence-electron chi connectivity index (χ1n) is 10.9. The lowest BCUT2D eigenvalue weighted by Crippen LogP contribution is -2.38. The number of nitrogens with one attached hydrogen (secondary N) is 5. The highest BCUT2D eigenvalue weighted by atomic mass is 32.2. The van der Waals surface area contributed by atoms with Gasteiger partial charge in [0.1, 0.15) is 5.00 Å². The Kier molecular flexibility index (Phi) is 8.68. The van der Waals surface area contributed by atoms with Crippen LogP contribution >= 0.6 is 11.3 Å². The third-order valence-electron chi connectivity index (χ3n) is 5.50. The van der Waals surface area contributed by atoms with Gasteiger partial charge in [-0.1, -0.05) is 0 Å². The summed E-state index contributed by atoms with van der Waals surface area (Å²) < 4.78 is 26.6. The smallest absolute Gasteiger partial charge is 0.321 e. The Morgan fingerprint density at radius 3 is 2.33 bits per heavy atom. The molecule has 1 aromatic carbocycles. The Bertz CT molecular complexity index is 1280. The molecule has 192 valence electrons. The summed E-state index contributed by atoms with van der Waals surface area (Å²) in [5, 5.41) is 22.0. The summed E-state index contributed by atoms with van der Waals surface area (Å²) in [6.45, 7) is 0.961. The average Bonchev–Trinajstić information content (AvgIpc) is 3.20. The predicted molar refractivity (Wildman–Crippen MR) is 137 cm³/mol. The second kappa shape index (κ2) is 11.5. The van der Waals surface area contributed by atoms with Crippen molar-refractivity contribution in [3.63, 3.8) is 0 Å². The van der Waals surface area contributed by atoms with Gasteiger partial charge in [-0.05, 0) is 43.3 Å². The monoisotopic (exact) mass is 533 g/mol. The van der Waals surface area contributed by atoms with E-state index in [0.29, 0.717) is 18.0 Å². The topological polar surface area (TPSA) is 176 Å². The number of fused-ring (bicyclic) bond motifs is 1. The third kappa shape index (κ3) is 5.84. The van der Waals surface area contributed by atoms with Gasteiger partial charge < -0.3 is 26.4 Å². The molecule has 1 aliphatic rings. The Labute approximate surface area is 212 Å². The number of sulfonamides is 1. The maximum absolute atomic E-state index is 13.0. The Morgan fingerprint density at radius 2 is 1.75 bits per heavy atom. The first-order chi connectivity index (χ1) is 17.1. The van der Waals surface area contributed by atoms with Crippen molar-refractivity contribution in [3.8, 4) is 0 Å². The third-order valence-corrected chi connectivity index (χ3v) is 8.48. The maximum Gasteiger partial charge on any atom is 0.321 e. The molecular formula is C22H27N7O5S2. The van der Waals surface area contributed by atoms with E-state index in [1.54, 1.807) is 0 Å². The molecule has 0 atom stereocenters. The summed E-state index contributed by atoms with van der Waals surface area (Å²) in [5.41, 5.74) is 1.20. The van der Waals surface area contributed by atoms with Crippen LogP contribution in [-0.4, -0.2) is 81.6 Å². The lowest BCUT2D eigenvalue weighted by atomic mass is 10.0. The van der Waals surface area contributed by atoms with Gasteiger partial charge in [-0.3, -0.25) is 14.9 Å². The van der Waals surface area contributed by atoms with Gasteiger partial charge >= 0.3 is 6.03 Å². The van der Waals surface area contributed by atoms with Crippen LogP contribution in [0.25, 0.3) is 0 Å². The van der Waals surface area contributed by atoms with Gasteiger partial charge in [-0.25, -0.2) is 13.2 Å². The maximum atomic E-state index is 13.0. The van der Waals surface area contributed by atoms with Crippen molar-refractivity contribution in [3.05, 3.63) is 45.8 Å². The molecule has 1 aliphatic heterocycles. The number of likely N-dealkylation sites (N-methyl/N-ethyl adjacent to an activating group) is 1. The molecule has 0 spiro atoms. The molecular weight excluding hydrogens is 506 g/mol. The molecule has 12 nitrogen and oxygen atoms in total. The molecule has 5 N–H and O–H groups in total. The zero-order valence-corrected chi connectivity index (χ0v) is 21.4. The van der Waals surface area contributed by atoms with Gasteiger partial charge in [-0.15, -0.1) is 11.3 Å². The van der Waals surface area contributed by atoms with E-state index in [0.717, 1.165) is 33.7 Å². The summed E-state index contributed by atoms with van der Waals surface area (Å²) in [6, 6.07) is 4.58. The highest BCUT2D eigenvalue weighted by molar-refractivity contribution is 7.89. The van der Waals surface area contributed by atoms with E-state index in [4.69, 9.17) is 10.8 Å². The van der Waals surface area contributed by atoms with Crippen LogP contribution in [0.3, 0.4) is 0 Å². The van der Waals surface area contributed by atoms with Crippen LogP contribution in [-0.2, 0) is 23.0 Å². The summed E-state index contributed by atoms with van der Waals surface area (Å²) in [6.07, 6.45) is 2.45. The van der Waals surface area contributed by atoms with Gasteiger partial charge in [0.05, 0.1) is 10.5 Å². The quantitative estimate of drug-likeness (QED) is 0.304. The van der Waals surface area contributed by atoms with E-state index in [2.05, 4.69) is 20.9 Å². The Hall–Kier alpha value is -3.46. The molecule has 2 aromatic rings. The number of hydrogen-bond donors (Lipinski definition) is 5. The minimum atomic E-state index is -3.96. The van der Waals surface area contributed by atoms with E-state index >= 15 is 0 Å². The summed E-state index contributed by atoms with van der Waals surface area (Å²) in [7, 11) is -0.618. The summed E-state index contributed by atoms with van der Waals surface area (Å²) >= 11 is 1.26. The molecule has 3 rings (SSSR count). The molecule has 0 fully saturated rings. The van der Waals surface area contributed by atoms with E-state index in [1.165, 1.54) is 42.6 Å². The van der Waals surface area contributed by atoms with Crippen molar-refractivity contribution in [2.75, 3.05) is 39.0 Å². The summed E-state index contributed by atoms with van der Waals surface area (Å²) in [4.78, 5) is 40.5. The van der Waals surface area contributed by atoms with E-state index in [1.807, 2.05) is 7.05 Å². The highest BCUT2D eigenvalue weighted by Crippen LogP contribution is 2.37. The van der Waals surface area contributed by atoms with Gasteiger partial charge in [-0.2, -0.15) is 4.31 Å². The fraction of sp³-hybridized carbons (Fsp3) is 0.318. The second-order valence-corrected chi connectivity index (χ2v) is 11.0. The normalized spacial score (nSPS) is 13.5. The number of nitrogens with zero attached hydrogens (tertiary/aromatic N) is 2. The second-order valence-electron chi connectivity index (χ2n) is 7.94. The van der Waals surface area contributed by atoms with Crippen LogP contribution < -0.4 is 16.0 Å². The Morgan fingerprint density at radius 1 is 1.11 bits per heavy atom. The highest BCUT2D eigenvalue weighted by Gasteiger charge is 2.29. The predicted octanol–water partition coefficient (Wildman–Crippen LogP) is 1.35. The lowest BCUT2D eigenvalue weighted by Gasteiger charge is -2.22. The lowest BCUT2D eigenvalue weighted by molar-refractivity contribution is 0.0964. The van der Waals surface area contributed by atoms with Crippen LogP contribution in [0.2, 0.25) is 0 Å². The zero-order chi connectivity index (χ0) is 26.5. The van der Waals surface area contributed by atoms with Crippen LogP contribution in [0.15, 0.2) is 29.2 Å². The van der Waals surface area contributed by atoms with Crippen LogP contribution in [0.5, 0.6) is 0 Å². The van der Waals surface area contributed by atoms with Crippen molar-refractivity contribution in [1.82, 2.24) is 19.8 Å². The number of carbonyl (C=O) groups excluding carboxylic acids is 3. The fourth-order valence-corrected chi connectivity index (χ4v) is 6.30. The molecule has 36 heavy (non-hydrogen) atoms. The molecule has 0 aliphatic carbocycles. The molecule has 0 bridgehead atoms. The number of thiophene rings is 1. The largest absolute Gasteiger partial charge is 0.341 e. The van der Waals surface area contributed by atoms with E-state index in [9.17, 15) is 22.8 Å². The fourth-order valence-electron chi connectivity index (χ4n) is 3.66. The van der Waals surface area contributed by atoms with Gasteiger partial charge in [0, 0.05) is 56.1 Å². The van der Waals surface area contributed by atoms with Crippen LogP contribution in [0.1, 0.15) is 31.2 Å². The molecule has 0 saturated carbocycles. The SMILES string of the molecule is CNC(=O)NC(=O)c1c(NC(=O)c2ccc(S(=O)(=O)N(CC=N)CC=N)cc2)sc2c1CCN(C)C2. The van der Waals surface area contributed by atoms with Crippen molar-refractivity contribution in [2.24, 2.45) is 0 Å². The van der Waals surface area contributed by atoms with E-state index in [-0.39, 0.29) is 29.1 Å².